The first-order chi connectivity index (χ1) is 11.1. The molecule has 0 spiro atoms. The zero-order valence-electron chi connectivity index (χ0n) is 13.4. The van der Waals surface area contributed by atoms with Crippen LogP contribution in [0.2, 0.25) is 0 Å². The molecule has 3 nitrogen and oxygen atoms in total. The molecule has 0 aliphatic rings. The molecule has 0 fully saturated rings. The maximum Gasteiger partial charge on any atom is 0.237 e. The Morgan fingerprint density at radius 1 is 1.22 bits per heavy atom. The van der Waals surface area contributed by atoms with E-state index in [4.69, 9.17) is 5.26 Å². The van der Waals surface area contributed by atoms with Crippen molar-refractivity contribution in [1.29, 1.82) is 5.26 Å². The number of benzene rings is 2. The number of anilines is 1. The van der Waals surface area contributed by atoms with Crippen molar-refractivity contribution in [2.24, 2.45) is 0 Å². The van der Waals surface area contributed by atoms with Gasteiger partial charge in [-0.25, -0.2) is 0 Å². The van der Waals surface area contributed by atoms with Crippen LogP contribution >= 0.6 is 11.8 Å². The summed E-state index contributed by atoms with van der Waals surface area (Å²) in [6, 6.07) is 17.5. The fraction of sp³-hybridized carbons (Fsp3) is 0.263. The summed E-state index contributed by atoms with van der Waals surface area (Å²) in [6.45, 7) is 4.00. The summed E-state index contributed by atoms with van der Waals surface area (Å²) in [6.07, 6.45) is 0.988. The van der Waals surface area contributed by atoms with Crippen molar-refractivity contribution >= 4 is 23.4 Å². The third-order valence-electron chi connectivity index (χ3n) is 3.56. The molecule has 23 heavy (non-hydrogen) atoms. The molecule has 118 valence electrons. The normalized spacial score (nSPS) is 11.5. The van der Waals surface area contributed by atoms with E-state index in [2.05, 4.69) is 18.3 Å². The second-order valence-electron chi connectivity index (χ2n) is 5.31. The second kappa shape index (κ2) is 8.40. The van der Waals surface area contributed by atoms with Crippen LogP contribution < -0.4 is 5.32 Å². The number of aryl methyl sites for hydroxylation is 1. The molecule has 0 saturated carbocycles. The molecule has 1 unspecified atom stereocenters. The number of carbonyl (C=O) groups is 1. The van der Waals surface area contributed by atoms with Crippen LogP contribution in [0.1, 0.15) is 30.5 Å². The molecule has 1 atom stereocenters. The van der Waals surface area contributed by atoms with E-state index in [-0.39, 0.29) is 11.2 Å². The third-order valence-corrected chi connectivity index (χ3v) is 4.77. The van der Waals surface area contributed by atoms with E-state index in [1.54, 1.807) is 17.8 Å². The van der Waals surface area contributed by atoms with Crippen molar-refractivity contribution in [3.63, 3.8) is 0 Å². The lowest BCUT2D eigenvalue weighted by molar-refractivity contribution is -0.115. The van der Waals surface area contributed by atoms with Crippen molar-refractivity contribution in [2.75, 3.05) is 5.32 Å². The highest BCUT2D eigenvalue weighted by Crippen LogP contribution is 2.20. The van der Waals surface area contributed by atoms with Gasteiger partial charge in [0.25, 0.3) is 0 Å². The minimum Gasteiger partial charge on any atom is -0.325 e. The van der Waals surface area contributed by atoms with Gasteiger partial charge >= 0.3 is 0 Å². The summed E-state index contributed by atoms with van der Waals surface area (Å²) < 4.78 is 0. The number of hydrogen-bond donors (Lipinski definition) is 1. The number of nitriles is 1. The Morgan fingerprint density at radius 2 is 1.96 bits per heavy atom. The Kier molecular flexibility index (Phi) is 6.25. The van der Waals surface area contributed by atoms with E-state index in [0.717, 1.165) is 17.7 Å². The van der Waals surface area contributed by atoms with Gasteiger partial charge in [0.05, 0.1) is 16.9 Å². The molecule has 1 N–H and O–H groups in total. The van der Waals surface area contributed by atoms with E-state index in [1.165, 1.54) is 5.56 Å². The lowest BCUT2D eigenvalue weighted by Crippen LogP contribution is -2.22. The average molecular weight is 324 g/mol. The number of carbonyl (C=O) groups excluding carboxylic acids is 1. The summed E-state index contributed by atoms with van der Waals surface area (Å²) in [5.41, 5.74) is 3.78. The predicted molar refractivity (Wildman–Crippen MR) is 96.4 cm³/mol. The van der Waals surface area contributed by atoms with E-state index < -0.39 is 0 Å². The molecule has 1 amide bonds. The molecule has 0 aliphatic heterocycles. The highest BCUT2D eigenvalue weighted by atomic mass is 32.2. The second-order valence-corrected chi connectivity index (χ2v) is 6.63. The van der Waals surface area contributed by atoms with Gasteiger partial charge in [-0.05, 0) is 48.7 Å². The highest BCUT2D eigenvalue weighted by Gasteiger charge is 2.13. The van der Waals surface area contributed by atoms with Crippen molar-refractivity contribution in [2.45, 2.75) is 31.3 Å². The predicted octanol–water partition coefficient (Wildman–Crippen LogP) is 4.38. The van der Waals surface area contributed by atoms with E-state index in [9.17, 15) is 4.79 Å². The molecule has 0 radical (unpaired) electrons. The molecular weight excluding hydrogens is 304 g/mol. The molecule has 2 aromatic carbocycles. The van der Waals surface area contributed by atoms with Gasteiger partial charge in [0.1, 0.15) is 0 Å². The minimum atomic E-state index is -0.161. The van der Waals surface area contributed by atoms with Gasteiger partial charge in [-0.3, -0.25) is 4.79 Å². The molecule has 0 heterocycles. The summed E-state index contributed by atoms with van der Waals surface area (Å²) in [5, 5.41) is 11.7. The van der Waals surface area contributed by atoms with Crippen molar-refractivity contribution < 1.29 is 4.79 Å². The van der Waals surface area contributed by atoms with Crippen LogP contribution in [0.3, 0.4) is 0 Å². The molecule has 0 aliphatic carbocycles. The standard InChI is InChI=1S/C19H20N2OS/c1-3-15-7-9-18(10-8-15)21-19(22)14(2)23-13-17-6-4-5-16(11-17)12-20/h4-11,14H,3,13H2,1-2H3,(H,21,22). The first kappa shape index (κ1) is 17.1. The molecule has 0 bridgehead atoms. The molecule has 4 heteroatoms. The van der Waals surface area contributed by atoms with Gasteiger partial charge in [-0.15, -0.1) is 11.8 Å². The monoisotopic (exact) mass is 324 g/mol. The van der Waals surface area contributed by atoms with Crippen molar-refractivity contribution in [3.8, 4) is 6.07 Å². The molecule has 2 aromatic rings. The molecule has 0 saturated heterocycles. The highest BCUT2D eigenvalue weighted by molar-refractivity contribution is 7.99. The first-order valence-corrected chi connectivity index (χ1v) is 8.67. The number of hydrogen-bond acceptors (Lipinski definition) is 3. The van der Waals surface area contributed by atoms with Crippen LogP contribution in [0.15, 0.2) is 48.5 Å². The van der Waals surface area contributed by atoms with Gasteiger partial charge in [0.15, 0.2) is 0 Å². The van der Waals surface area contributed by atoms with Gasteiger partial charge in [0, 0.05) is 11.4 Å². The largest absolute Gasteiger partial charge is 0.325 e. The lowest BCUT2D eigenvalue weighted by atomic mass is 10.1. The van der Waals surface area contributed by atoms with E-state index >= 15 is 0 Å². The lowest BCUT2D eigenvalue weighted by Gasteiger charge is -2.12. The summed E-state index contributed by atoms with van der Waals surface area (Å²) >= 11 is 1.56. The maximum atomic E-state index is 12.2. The first-order valence-electron chi connectivity index (χ1n) is 7.63. The van der Waals surface area contributed by atoms with E-state index in [1.807, 2.05) is 49.4 Å². The van der Waals surface area contributed by atoms with Crippen LogP contribution in [0.25, 0.3) is 0 Å². The van der Waals surface area contributed by atoms with Gasteiger partial charge in [0.2, 0.25) is 5.91 Å². The Hall–Kier alpha value is -2.25. The number of nitrogens with one attached hydrogen (secondary N) is 1. The summed E-state index contributed by atoms with van der Waals surface area (Å²) in [4.78, 5) is 12.2. The number of amides is 1. The van der Waals surface area contributed by atoms with Crippen molar-refractivity contribution in [1.82, 2.24) is 0 Å². The van der Waals surface area contributed by atoms with Gasteiger partial charge < -0.3 is 5.32 Å². The number of rotatable bonds is 6. The van der Waals surface area contributed by atoms with Gasteiger partial charge in [-0.2, -0.15) is 5.26 Å². The van der Waals surface area contributed by atoms with Crippen LogP contribution in [0.5, 0.6) is 0 Å². The topological polar surface area (TPSA) is 52.9 Å². The van der Waals surface area contributed by atoms with Crippen LogP contribution in [0, 0.1) is 11.3 Å². The molecule has 2 rings (SSSR count). The van der Waals surface area contributed by atoms with E-state index in [0.29, 0.717) is 11.3 Å². The SMILES string of the molecule is CCc1ccc(NC(=O)C(C)SCc2cccc(C#N)c2)cc1. The quantitative estimate of drug-likeness (QED) is 0.858. The minimum absolute atomic E-state index is 0.00399. The Bertz CT molecular complexity index is 704. The number of thioether (sulfide) groups is 1. The molecule has 0 aromatic heterocycles. The zero-order chi connectivity index (χ0) is 16.7. The maximum absolute atomic E-state index is 12.2. The molecular formula is C19H20N2OS. The van der Waals surface area contributed by atoms with Crippen LogP contribution in [-0.2, 0) is 17.0 Å². The van der Waals surface area contributed by atoms with Crippen LogP contribution in [-0.4, -0.2) is 11.2 Å². The van der Waals surface area contributed by atoms with Gasteiger partial charge in [-0.1, -0.05) is 31.2 Å². The van der Waals surface area contributed by atoms with Crippen molar-refractivity contribution in [3.05, 3.63) is 65.2 Å². The fourth-order valence-corrected chi connectivity index (χ4v) is 2.93. The summed E-state index contributed by atoms with van der Waals surface area (Å²) in [5.74, 6) is 0.703. The average Bonchev–Trinajstić information content (AvgIpc) is 2.60. The Balaban J connectivity index is 1.87. The fourth-order valence-electron chi connectivity index (χ4n) is 2.10. The summed E-state index contributed by atoms with van der Waals surface area (Å²) in [7, 11) is 0. The smallest absolute Gasteiger partial charge is 0.237 e. The van der Waals surface area contributed by atoms with Crippen LogP contribution in [0.4, 0.5) is 5.69 Å². The third kappa shape index (κ3) is 5.15. The Labute approximate surface area is 141 Å². The Morgan fingerprint density at radius 3 is 2.61 bits per heavy atom. The zero-order valence-corrected chi connectivity index (χ0v) is 14.2. The number of nitrogens with zero attached hydrogens (tertiary/aromatic N) is 1.